The van der Waals surface area contributed by atoms with E-state index < -0.39 is 11.7 Å². The lowest BCUT2D eigenvalue weighted by Crippen LogP contribution is -2.26. The van der Waals surface area contributed by atoms with Crippen molar-refractivity contribution >= 4 is 46.4 Å². The van der Waals surface area contributed by atoms with Gasteiger partial charge in [0, 0.05) is 10.6 Å². The van der Waals surface area contributed by atoms with E-state index >= 15 is 0 Å². The van der Waals surface area contributed by atoms with Crippen LogP contribution < -0.4 is 16.0 Å². The number of hydrogen-bond donors (Lipinski definition) is 2. The van der Waals surface area contributed by atoms with Gasteiger partial charge in [-0.2, -0.15) is 0 Å². The molecule has 0 aliphatic heterocycles. The number of nitrogens with zero attached hydrogens (tertiary/aromatic N) is 1. The van der Waals surface area contributed by atoms with Gasteiger partial charge in [0.2, 0.25) is 0 Å². The molecular weight excluding hydrogens is 408 g/mol. The van der Waals surface area contributed by atoms with Gasteiger partial charge in [0.1, 0.15) is 6.61 Å². The van der Waals surface area contributed by atoms with E-state index in [0.29, 0.717) is 0 Å². The highest BCUT2D eigenvalue weighted by atomic mass is 35.5. The number of nitrogens with one attached hydrogen (secondary N) is 1. The number of hydroxylamine groups is 1. The molecular formula is C16H13Cl3FN3O3. The topological polar surface area (TPSA) is 86.5 Å². The van der Waals surface area contributed by atoms with E-state index in [1.807, 2.05) is 0 Å². The molecule has 10 heteroatoms. The van der Waals surface area contributed by atoms with Crippen LogP contribution in [0.15, 0.2) is 29.8 Å². The van der Waals surface area contributed by atoms with E-state index in [1.165, 1.54) is 25.3 Å². The van der Waals surface area contributed by atoms with Gasteiger partial charge in [0.15, 0.2) is 17.3 Å². The molecule has 0 unspecified atom stereocenters. The maximum atomic E-state index is 14.6. The Hall–Kier alpha value is -2.06. The second-order valence-corrected chi connectivity index (χ2v) is 6.26. The summed E-state index contributed by atoms with van der Waals surface area (Å²) in [6.07, 6.45) is 0. The number of amides is 1. The lowest BCUT2D eigenvalue weighted by atomic mass is 10.1. The Bertz CT molecular complexity index is 878. The number of halogens is 4. The van der Waals surface area contributed by atoms with E-state index in [4.69, 9.17) is 50.1 Å². The number of ether oxygens (including phenoxy) is 1. The Morgan fingerprint density at radius 1 is 1.42 bits per heavy atom. The number of carbonyl (C=O) groups excluding carboxylic acids is 1. The van der Waals surface area contributed by atoms with Crippen LogP contribution in [-0.2, 0) is 4.84 Å². The molecule has 0 aliphatic carbocycles. The lowest BCUT2D eigenvalue weighted by molar-refractivity contribution is 0.0409. The summed E-state index contributed by atoms with van der Waals surface area (Å²) in [6.45, 7) is 3.28. The molecule has 1 amide bonds. The molecule has 26 heavy (non-hydrogen) atoms. The normalized spacial score (nSPS) is 10.5. The first kappa shape index (κ1) is 20.3. The third-order valence-electron chi connectivity index (χ3n) is 3.12. The molecule has 1 aromatic carbocycles. The number of methoxy groups -OCH3 is 1. The minimum Gasteiger partial charge on any atom is -0.492 e. The molecule has 0 bridgehead atoms. The van der Waals surface area contributed by atoms with Crippen molar-refractivity contribution in [1.82, 2.24) is 10.5 Å². The molecule has 2 rings (SSSR count). The molecule has 0 aliphatic rings. The molecule has 0 saturated heterocycles. The quantitative estimate of drug-likeness (QED) is 0.684. The van der Waals surface area contributed by atoms with Crippen molar-refractivity contribution < 1.29 is 18.8 Å². The maximum Gasteiger partial charge on any atom is 0.295 e. The fraction of sp³-hybridized carbons (Fsp3) is 0.125. The van der Waals surface area contributed by atoms with Crippen LogP contribution in [0.3, 0.4) is 0 Å². The fourth-order valence-corrected chi connectivity index (χ4v) is 2.44. The SMILES string of the molecule is C=C(Cl)CONC(=O)c1nc(-c2ccc(Cl)c(OC)c2F)cc(N)c1Cl. The Labute approximate surface area is 163 Å². The summed E-state index contributed by atoms with van der Waals surface area (Å²) in [5.41, 5.74) is 7.77. The Kier molecular flexibility index (Phi) is 6.66. The molecule has 6 nitrogen and oxygen atoms in total. The molecule has 138 valence electrons. The monoisotopic (exact) mass is 419 g/mol. The number of anilines is 1. The van der Waals surface area contributed by atoms with Gasteiger partial charge < -0.3 is 10.5 Å². The van der Waals surface area contributed by atoms with Gasteiger partial charge in [0.05, 0.1) is 28.5 Å². The molecule has 0 saturated carbocycles. The van der Waals surface area contributed by atoms with Crippen LogP contribution in [0.4, 0.5) is 10.1 Å². The lowest BCUT2D eigenvalue weighted by Gasteiger charge is -2.12. The van der Waals surface area contributed by atoms with Crippen molar-refractivity contribution in [3.63, 3.8) is 0 Å². The van der Waals surface area contributed by atoms with E-state index in [1.54, 1.807) is 0 Å². The predicted octanol–water partition coefficient (Wildman–Crippen LogP) is 4.20. The fourth-order valence-electron chi connectivity index (χ4n) is 1.98. The smallest absolute Gasteiger partial charge is 0.295 e. The summed E-state index contributed by atoms with van der Waals surface area (Å²) in [5, 5.41) is 0.150. The van der Waals surface area contributed by atoms with Gasteiger partial charge in [-0.25, -0.2) is 14.9 Å². The zero-order valence-electron chi connectivity index (χ0n) is 13.4. The standard InChI is InChI=1S/C16H13Cl3FN3O3/c1-7(17)6-26-23-16(24)14-12(19)10(21)5-11(22-14)8-3-4-9(18)15(25-2)13(8)20/h3-5H,1,6H2,2H3,(H2,21,22)(H,23,24). The average molecular weight is 421 g/mol. The van der Waals surface area contributed by atoms with Crippen LogP contribution in [0.2, 0.25) is 10.0 Å². The second kappa shape index (κ2) is 8.55. The van der Waals surface area contributed by atoms with Gasteiger partial charge in [0.25, 0.3) is 5.91 Å². The summed E-state index contributed by atoms with van der Waals surface area (Å²) >= 11 is 17.4. The van der Waals surface area contributed by atoms with Gasteiger partial charge in [-0.1, -0.05) is 41.4 Å². The zero-order valence-corrected chi connectivity index (χ0v) is 15.7. The summed E-state index contributed by atoms with van der Waals surface area (Å²) < 4.78 is 19.5. The molecule has 0 atom stereocenters. The highest BCUT2D eigenvalue weighted by molar-refractivity contribution is 6.36. The van der Waals surface area contributed by atoms with E-state index in [-0.39, 0.29) is 50.1 Å². The number of hydrogen-bond acceptors (Lipinski definition) is 5. The molecule has 2 aromatic rings. The maximum absolute atomic E-state index is 14.6. The highest BCUT2D eigenvalue weighted by Crippen LogP contribution is 2.36. The number of aromatic nitrogens is 1. The summed E-state index contributed by atoms with van der Waals surface area (Å²) in [7, 11) is 1.28. The van der Waals surface area contributed by atoms with Crippen LogP contribution in [-0.4, -0.2) is 24.6 Å². The minimum absolute atomic E-state index is 0.0249. The third-order valence-corrected chi connectivity index (χ3v) is 3.93. The van der Waals surface area contributed by atoms with Gasteiger partial charge in [-0.15, -0.1) is 0 Å². The number of nitrogen functional groups attached to an aromatic ring is 1. The number of nitrogens with two attached hydrogens (primary N) is 1. The number of pyridine rings is 1. The summed E-state index contributed by atoms with van der Waals surface area (Å²) in [5.74, 6) is -1.70. The summed E-state index contributed by atoms with van der Waals surface area (Å²) in [6, 6.07) is 4.14. The van der Waals surface area contributed by atoms with Gasteiger partial charge in [-0.05, 0) is 18.2 Å². The van der Waals surface area contributed by atoms with Crippen molar-refractivity contribution in [1.29, 1.82) is 0 Å². The van der Waals surface area contributed by atoms with Crippen LogP contribution in [0.1, 0.15) is 10.5 Å². The van der Waals surface area contributed by atoms with Crippen molar-refractivity contribution in [2.24, 2.45) is 0 Å². The van der Waals surface area contributed by atoms with E-state index in [9.17, 15) is 9.18 Å². The van der Waals surface area contributed by atoms with Crippen LogP contribution in [0.25, 0.3) is 11.3 Å². The first-order valence-corrected chi connectivity index (χ1v) is 8.13. The third kappa shape index (κ3) is 4.37. The number of rotatable bonds is 6. The molecule has 1 heterocycles. The van der Waals surface area contributed by atoms with Gasteiger partial charge in [-0.3, -0.25) is 9.63 Å². The zero-order chi connectivity index (χ0) is 19.4. The van der Waals surface area contributed by atoms with E-state index in [0.717, 1.165) is 0 Å². The number of benzene rings is 1. The predicted molar refractivity (Wildman–Crippen MR) is 99.0 cm³/mol. The molecule has 0 radical (unpaired) electrons. The van der Waals surface area contributed by atoms with Crippen molar-refractivity contribution in [3.8, 4) is 17.0 Å². The second-order valence-electron chi connectivity index (χ2n) is 4.94. The van der Waals surface area contributed by atoms with Crippen LogP contribution in [0, 0.1) is 5.82 Å². The van der Waals surface area contributed by atoms with Crippen molar-refractivity contribution in [2.45, 2.75) is 0 Å². The van der Waals surface area contributed by atoms with Crippen molar-refractivity contribution in [2.75, 3.05) is 19.5 Å². The largest absolute Gasteiger partial charge is 0.492 e. The van der Waals surface area contributed by atoms with Crippen LogP contribution in [0.5, 0.6) is 5.75 Å². The van der Waals surface area contributed by atoms with Gasteiger partial charge >= 0.3 is 0 Å². The Balaban J connectivity index is 2.45. The highest BCUT2D eigenvalue weighted by Gasteiger charge is 2.21. The minimum atomic E-state index is -0.789. The first-order valence-electron chi connectivity index (χ1n) is 7.00. The first-order chi connectivity index (χ1) is 12.3. The number of carbonyl (C=O) groups is 1. The molecule has 1 aromatic heterocycles. The van der Waals surface area contributed by atoms with Crippen molar-refractivity contribution in [3.05, 3.63) is 51.4 Å². The van der Waals surface area contributed by atoms with E-state index in [2.05, 4.69) is 17.0 Å². The molecule has 3 N–H and O–H groups in total. The summed E-state index contributed by atoms with van der Waals surface area (Å²) in [4.78, 5) is 21.1. The Morgan fingerprint density at radius 2 is 2.12 bits per heavy atom. The van der Waals surface area contributed by atoms with Crippen LogP contribution >= 0.6 is 34.8 Å². The average Bonchev–Trinajstić information content (AvgIpc) is 2.57. The molecule has 0 fully saturated rings. The Morgan fingerprint density at radius 3 is 2.73 bits per heavy atom. The molecule has 0 spiro atoms.